The molecule has 1 saturated heterocycles. The van der Waals surface area contributed by atoms with E-state index in [0.717, 1.165) is 11.3 Å². The van der Waals surface area contributed by atoms with Crippen molar-refractivity contribution < 1.29 is 35.1 Å². The smallest absolute Gasteiger partial charge is 0.256 e. The number of carbonyl (C=O) groups excluding carboxylic acids is 2. The van der Waals surface area contributed by atoms with E-state index < -0.39 is 46.7 Å². The molecule has 1 unspecified atom stereocenters. The van der Waals surface area contributed by atoms with Crippen LogP contribution in [-0.2, 0) is 16.0 Å². The summed E-state index contributed by atoms with van der Waals surface area (Å²) < 4.78 is 0. The largest absolute Gasteiger partial charge is 0.507 e. The minimum atomic E-state index is -1.09. The van der Waals surface area contributed by atoms with Crippen LogP contribution in [0.2, 0.25) is 0 Å². The highest BCUT2D eigenvalue weighted by Gasteiger charge is 2.51. The van der Waals surface area contributed by atoms with Gasteiger partial charge in [0.1, 0.15) is 28.6 Å². The Bertz CT molecular complexity index is 1250. The Hall–Kier alpha value is -3.50. The lowest BCUT2D eigenvalue weighted by molar-refractivity contribution is -0.125. The van der Waals surface area contributed by atoms with Crippen molar-refractivity contribution in [3.63, 3.8) is 0 Å². The third-order valence-corrected chi connectivity index (χ3v) is 8.03. The van der Waals surface area contributed by atoms with Crippen LogP contribution in [0.25, 0.3) is 5.76 Å². The molecule has 36 heavy (non-hydrogen) atoms. The lowest BCUT2D eigenvalue weighted by atomic mass is 9.64. The van der Waals surface area contributed by atoms with E-state index in [9.17, 15) is 35.1 Å². The normalized spacial score (nSPS) is 26.8. The van der Waals surface area contributed by atoms with Gasteiger partial charge >= 0.3 is 0 Å². The number of phenols is 1. The van der Waals surface area contributed by atoms with Crippen LogP contribution in [-0.4, -0.2) is 81.5 Å². The highest BCUT2D eigenvalue weighted by atomic mass is 16.3. The quantitative estimate of drug-likeness (QED) is 0.339. The number of allylic oxidation sites excluding steroid dienone is 2. The lowest BCUT2D eigenvalue weighted by Crippen LogP contribution is -2.51. The maximum Gasteiger partial charge on any atom is 0.256 e. The fourth-order valence-corrected chi connectivity index (χ4v) is 6.42. The SMILES string of the molecule is CN(C)C1C(=O)C(C(N)=O)=C(O)C2=C(O)C3=C(O)c4c(O)ccc(N5CCC(O)CC5)c4C[C@H]3C[C@H]21. The summed E-state index contributed by atoms with van der Waals surface area (Å²) >= 11 is 0. The number of aliphatic hydroxyl groups is 4. The molecular weight excluding hydrogens is 466 g/mol. The molecule has 0 radical (unpaired) electrons. The highest BCUT2D eigenvalue weighted by molar-refractivity contribution is 6.22. The number of likely N-dealkylation sites (N-methyl/N-ethyl adjacent to an activating group) is 1. The number of nitrogens with two attached hydrogens (primary N) is 1. The summed E-state index contributed by atoms with van der Waals surface area (Å²) in [5, 5.41) is 54.2. The van der Waals surface area contributed by atoms with Crippen LogP contribution in [0.15, 0.2) is 40.4 Å². The summed E-state index contributed by atoms with van der Waals surface area (Å²) in [7, 11) is 3.36. The standard InChI is InChI=1S/C26H31N3O7/c1-28(2)21-14-10-11-9-13-15(29-7-5-12(30)6-8-29)3-4-16(31)18(13)22(32)17(11)23(33)19(14)24(34)20(25(21)35)26(27)36/h3-4,11-12,14,21,30-34H,5-10H2,1-2H3,(H2,27,36)/t11-,14+,21?/m0/s1. The van der Waals surface area contributed by atoms with Crippen molar-refractivity contribution in [1.29, 1.82) is 0 Å². The monoisotopic (exact) mass is 497 g/mol. The zero-order valence-corrected chi connectivity index (χ0v) is 20.2. The molecule has 1 aromatic carbocycles. The number of nitrogens with zero attached hydrogens (tertiary/aromatic N) is 2. The lowest BCUT2D eigenvalue weighted by Gasteiger charge is -2.44. The number of ketones is 1. The Labute approximate surface area is 208 Å². The molecular formula is C26H31N3O7. The first-order valence-corrected chi connectivity index (χ1v) is 12.1. The first kappa shape index (κ1) is 24.2. The fraction of sp³-hybridized carbons (Fsp3) is 0.462. The molecule has 4 aliphatic rings. The van der Waals surface area contributed by atoms with Crippen LogP contribution in [0, 0.1) is 11.8 Å². The molecule has 1 aliphatic heterocycles. The van der Waals surface area contributed by atoms with Crippen molar-refractivity contribution in [2.75, 3.05) is 32.1 Å². The molecule has 10 nitrogen and oxygen atoms in total. The number of rotatable bonds is 3. The predicted molar refractivity (Wildman–Crippen MR) is 131 cm³/mol. The number of amides is 1. The van der Waals surface area contributed by atoms with Crippen molar-refractivity contribution in [2.24, 2.45) is 17.6 Å². The summed E-state index contributed by atoms with van der Waals surface area (Å²) in [4.78, 5) is 28.9. The number of phenolic OH excluding ortho intramolecular Hbond substituents is 1. The van der Waals surface area contributed by atoms with Crippen molar-refractivity contribution in [3.8, 4) is 5.75 Å². The van der Waals surface area contributed by atoms with Crippen molar-refractivity contribution in [2.45, 2.75) is 37.8 Å². The van der Waals surface area contributed by atoms with E-state index in [-0.39, 0.29) is 34.3 Å². The molecule has 0 spiro atoms. The second-order valence-electron chi connectivity index (χ2n) is 10.3. The predicted octanol–water partition coefficient (Wildman–Crippen LogP) is 1.44. The van der Waals surface area contributed by atoms with Gasteiger partial charge in [-0.3, -0.25) is 14.5 Å². The van der Waals surface area contributed by atoms with Crippen molar-refractivity contribution in [1.82, 2.24) is 4.90 Å². The number of fused-ring (bicyclic) bond motifs is 3. The molecule has 1 amide bonds. The Morgan fingerprint density at radius 2 is 1.69 bits per heavy atom. The molecule has 10 heteroatoms. The summed E-state index contributed by atoms with van der Waals surface area (Å²) in [5.74, 6) is -4.24. The minimum Gasteiger partial charge on any atom is -0.507 e. The molecule has 1 fully saturated rings. The van der Waals surface area contributed by atoms with Crippen LogP contribution in [0.1, 0.15) is 30.4 Å². The maximum absolute atomic E-state index is 13.1. The van der Waals surface area contributed by atoms with Crippen molar-refractivity contribution >= 4 is 23.1 Å². The number of Topliss-reactive ketones (excluding diaryl/α,β-unsaturated/α-hetero) is 1. The number of hydrogen-bond donors (Lipinski definition) is 6. The maximum atomic E-state index is 13.1. The highest BCUT2D eigenvalue weighted by Crippen LogP contribution is 2.53. The van der Waals surface area contributed by atoms with Gasteiger partial charge in [0.05, 0.1) is 17.7 Å². The van der Waals surface area contributed by atoms with Crippen molar-refractivity contribution in [3.05, 3.63) is 51.5 Å². The number of aliphatic hydroxyl groups excluding tert-OH is 4. The molecule has 0 aromatic heterocycles. The van der Waals surface area contributed by atoms with E-state index in [4.69, 9.17) is 5.73 Å². The van der Waals surface area contributed by atoms with Crippen LogP contribution in [0.5, 0.6) is 5.75 Å². The van der Waals surface area contributed by atoms with E-state index in [2.05, 4.69) is 4.90 Å². The number of anilines is 1. The summed E-state index contributed by atoms with van der Waals surface area (Å²) in [6.07, 6.45) is 1.57. The second-order valence-corrected chi connectivity index (χ2v) is 10.3. The third kappa shape index (κ3) is 3.47. The minimum absolute atomic E-state index is 0.00372. The first-order chi connectivity index (χ1) is 17.0. The average Bonchev–Trinajstić information content (AvgIpc) is 2.79. The molecule has 0 bridgehead atoms. The van der Waals surface area contributed by atoms with Gasteiger partial charge in [-0.25, -0.2) is 0 Å². The van der Waals surface area contributed by atoms with E-state index in [1.165, 1.54) is 6.07 Å². The zero-order chi connectivity index (χ0) is 26.0. The molecule has 3 atom stereocenters. The second kappa shape index (κ2) is 8.56. The van der Waals surface area contributed by atoms with Gasteiger partial charge in [0.25, 0.3) is 5.91 Å². The molecule has 192 valence electrons. The number of carbonyl (C=O) groups is 2. The van der Waals surface area contributed by atoms with E-state index in [0.29, 0.717) is 38.8 Å². The number of benzene rings is 1. The number of aromatic hydroxyl groups is 1. The van der Waals surface area contributed by atoms with Gasteiger partial charge in [-0.2, -0.15) is 0 Å². The Morgan fingerprint density at radius 3 is 2.31 bits per heavy atom. The van der Waals surface area contributed by atoms with Crippen LogP contribution in [0.4, 0.5) is 5.69 Å². The first-order valence-electron chi connectivity index (χ1n) is 12.1. The number of piperidine rings is 1. The molecule has 3 aliphatic carbocycles. The fourth-order valence-electron chi connectivity index (χ4n) is 6.42. The van der Waals surface area contributed by atoms with Crippen LogP contribution in [0.3, 0.4) is 0 Å². The number of primary amides is 1. The molecule has 0 saturated carbocycles. The number of hydrogen-bond acceptors (Lipinski definition) is 9. The van der Waals surface area contributed by atoms with Gasteiger partial charge in [0.15, 0.2) is 5.78 Å². The van der Waals surface area contributed by atoms with Gasteiger partial charge in [-0.15, -0.1) is 0 Å². The van der Waals surface area contributed by atoms with Gasteiger partial charge < -0.3 is 36.2 Å². The van der Waals surface area contributed by atoms with Crippen LogP contribution >= 0.6 is 0 Å². The molecule has 1 heterocycles. The third-order valence-electron chi connectivity index (χ3n) is 8.03. The van der Waals surface area contributed by atoms with E-state index in [1.54, 1.807) is 25.1 Å². The zero-order valence-electron chi connectivity index (χ0n) is 20.2. The summed E-state index contributed by atoms with van der Waals surface area (Å²) in [6.45, 7) is 1.26. The Kier molecular flexibility index (Phi) is 5.76. The Morgan fingerprint density at radius 1 is 1.03 bits per heavy atom. The van der Waals surface area contributed by atoms with Gasteiger partial charge in [0.2, 0.25) is 0 Å². The summed E-state index contributed by atoms with van der Waals surface area (Å²) in [5.41, 5.74) is 6.79. The molecule has 1 aromatic rings. The topological polar surface area (TPSA) is 168 Å². The Balaban J connectivity index is 1.69. The molecule has 7 N–H and O–H groups in total. The van der Waals surface area contributed by atoms with Gasteiger partial charge in [-0.05, 0) is 63.4 Å². The van der Waals surface area contributed by atoms with E-state index in [1.807, 2.05) is 0 Å². The summed E-state index contributed by atoms with van der Waals surface area (Å²) in [6, 6.07) is 2.46. The van der Waals surface area contributed by atoms with Gasteiger partial charge in [0, 0.05) is 35.8 Å². The van der Waals surface area contributed by atoms with Crippen LogP contribution < -0.4 is 10.6 Å². The molecule has 5 rings (SSSR count). The average molecular weight is 498 g/mol. The van der Waals surface area contributed by atoms with E-state index >= 15 is 0 Å². The van der Waals surface area contributed by atoms with Gasteiger partial charge in [-0.1, -0.05) is 0 Å².